The summed E-state index contributed by atoms with van der Waals surface area (Å²) in [5.74, 6) is 0.606. The number of piperidine rings is 1. The summed E-state index contributed by atoms with van der Waals surface area (Å²) in [5.41, 5.74) is 5.97. The molecule has 0 aromatic heterocycles. The van der Waals surface area contributed by atoms with Crippen LogP contribution in [0.5, 0.6) is 0 Å². The zero-order valence-electron chi connectivity index (χ0n) is 12.6. The van der Waals surface area contributed by atoms with Crippen LogP contribution in [-0.2, 0) is 0 Å². The molecule has 0 unspecified atom stereocenters. The van der Waals surface area contributed by atoms with Gasteiger partial charge in [-0.05, 0) is 25.7 Å². The molecule has 0 amide bonds. The van der Waals surface area contributed by atoms with E-state index in [2.05, 4.69) is 15.2 Å². The Bertz CT molecular complexity index is 292. The molecule has 5 heteroatoms. The minimum Gasteiger partial charge on any atom is -0.393 e. The molecule has 2 fully saturated rings. The van der Waals surface area contributed by atoms with E-state index in [1.807, 2.05) is 0 Å². The lowest BCUT2D eigenvalue weighted by atomic mass is 10.1. The van der Waals surface area contributed by atoms with Crippen molar-refractivity contribution in [2.75, 3.05) is 26.2 Å². The van der Waals surface area contributed by atoms with Crippen molar-refractivity contribution in [3.05, 3.63) is 0 Å². The number of likely N-dealkylation sites (tertiary alicyclic amines) is 1. The standard InChI is InChI=1S/C15H30N4O/c16-15(18-13-5-3-1-2-4-6-13)17-9-12-19-10-7-14(20)8-11-19/h13-14,20H,1-12H2,(H3,16,17,18). The van der Waals surface area contributed by atoms with E-state index in [9.17, 15) is 5.11 Å². The Labute approximate surface area is 122 Å². The number of hydrogen-bond donors (Lipinski definition) is 3. The third-order valence-electron chi connectivity index (χ3n) is 4.46. The molecule has 0 aromatic rings. The van der Waals surface area contributed by atoms with E-state index >= 15 is 0 Å². The molecule has 116 valence electrons. The van der Waals surface area contributed by atoms with Crippen molar-refractivity contribution in [1.29, 1.82) is 0 Å². The number of aliphatic imine (C=N–C) groups is 1. The van der Waals surface area contributed by atoms with E-state index in [0.717, 1.165) is 39.0 Å². The Morgan fingerprint density at radius 3 is 2.40 bits per heavy atom. The molecule has 4 N–H and O–H groups in total. The summed E-state index contributed by atoms with van der Waals surface area (Å²) in [4.78, 5) is 6.80. The molecule has 5 nitrogen and oxygen atoms in total. The summed E-state index contributed by atoms with van der Waals surface area (Å²) in [6.45, 7) is 3.65. The predicted molar refractivity (Wildman–Crippen MR) is 82.8 cm³/mol. The van der Waals surface area contributed by atoms with Crippen molar-refractivity contribution in [2.45, 2.75) is 63.5 Å². The molecule has 0 bridgehead atoms. The number of guanidine groups is 1. The lowest BCUT2D eigenvalue weighted by Crippen LogP contribution is -2.41. The molecule has 1 saturated heterocycles. The first kappa shape index (κ1) is 15.6. The van der Waals surface area contributed by atoms with Gasteiger partial charge in [0.1, 0.15) is 0 Å². The van der Waals surface area contributed by atoms with Gasteiger partial charge in [0, 0.05) is 25.7 Å². The Morgan fingerprint density at radius 1 is 1.10 bits per heavy atom. The maximum absolute atomic E-state index is 9.46. The molecule has 1 saturated carbocycles. The fourth-order valence-electron chi connectivity index (χ4n) is 3.13. The number of hydrogen-bond acceptors (Lipinski definition) is 3. The molecule has 0 aromatic carbocycles. The lowest BCUT2D eigenvalue weighted by Gasteiger charge is -2.28. The average Bonchev–Trinajstić information content (AvgIpc) is 2.70. The molecule has 0 spiro atoms. The van der Waals surface area contributed by atoms with Crippen molar-refractivity contribution in [3.63, 3.8) is 0 Å². The second-order valence-corrected chi connectivity index (χ2v) is 6.17. The van der Waals surface area contributed by atoms with Gasteiger partial charge < -0.3 is 21.1 Å². The fourth-order valence-corrected chi connectivity index (χ4v) is 3.13. The first-order valence-corrected chi connectivity index (χ1v) is 8.21. The number of nitrogens with zero attached hydrogens (tertiary/aromatic N) is 2. The van der Waals surface area contributed by atoms with Gasteiger partial charge in [0.05, 0.1) is 12.6 Å². The summed E-state index contributed by atoms with van der Waals surface area (Å²) in [7, 11) is 0. The zero-order chi connectivity index (χ0) is 14.2. The van der Waals surface area contributed by atoms with Crippen LogP contribution in [0.4, 0.5) is 0 Å². The van der Waals surface area contributed by atoms with E-state index in [4.69, 9.17) is 5.73 Å². The lowest BCUT2D eigenvalue weighted by molar-refractivity contribution is 0.0841. The second kappa shape index (κ2) is 8.47. The molecule has 1 heterocycles. The van der Waals surface area contributed by atoms with Gasteiger partial charge in [0.25, 0.3) is 0 Å². The molecule has 2 aliphatic rings. The molecule has 1 aliphatic heterocycles. The normalized spacial score (nSPS) is 24.6. The average molecular weight is 282 g/mol. The van der Waals surface area contributed by atoms with E-state index in [1.54, 1.807) is 0 Å². The van der Waals surface area contributed by atoms with Crippen molar-refractivity contribution in [3.8, 4) is 0 Å². The van der Waals surface area contributed by atoms with E-state index in [1.165, 1.54) is 38.5 Å². The van der Waals surface area contributed by atoms with E-state index < -0.39 is 0 Å². The Kier molecular flexibility index (Phi) is 6.60. The molecule has 2 rings (SSSR count). The second-order valence-electron chi connectivity index (χ2n) is 6.17. The SMILES string of the molecule is NC(=NCCN1CCC(O)CC1)NC1CCCCCC1. The van der Waals surface area contributed by atoms with Crippen LogP contribution < -0.4 is 11.1 Å². The number of nitrogens with two attached hydrogens (primary N) is 1. The summed E-state index contributed by atoms with van der Waals surface area (Å²) in [6.07, 6.45) is 9.45. The maximum atomic E-state index is 9.46. The highest BCUT2D eigenvalue weighted by Crippen LogP contribution is 2.16. The van der Waals surface area contributed by atoms with E-state index in [0.29, 0.717) is 12.0 Å². The third kappa shape index (κ3) is 5.67. The van der Waals surface area contributed by atoms with Crippen LogP contribution in [0.2, 0.25) is 0 Å². The summed E-state index contributed by atoms with van der Waals surface area (Å²) < 4.78 is 0. The van der Waals surface area contributed by atoms with Gasteiger partial charge in [-0.25, -0.2) is 0 Å². The number of aliphatic hydroxyl groups excluding tert-OH is 1. The van der Waals surface area contributed by atoms with Crippen molar-refractivity contribution < 1.29 is 5.11 Å². The molecular formula is C15H30N4O. The first-order chi connectivity index (χ1) is 9.74. The zero-order valence-corrected chi connectivity index (χ0v) is 12.6. The maximum Gasteiger partial charge on any atom is 0.188 e. The summed E-state index contributed by atoms with van der Waals surface area (Å²) >= 11 is 0. The van der Waals surface area contributed by atoms with Gasteiger partial charge >= 0.3 is 0 Å². The molecule has 0 atom stereocenters. The van der Waals surface area contributed by atoms with Crippen molar-refractivity contribution in [2.24, 2.45) is 10.7 Å². The van der Waals surface area contributed by atoms with Gasteiger partial charge in [-0.3, -0.25) is 4.99 Å². The summed E-state index contributed by atoms with van der Waals surface area (Å²) in [6, 6.07) is 0.520. The van der Waals surface area contributed by atoms with Crippen LogP contribution >= 0.6 is 0 Å². The van der Waals surface area contributed by atoms with Gasteiger partial charge in [-0.2, -0.15) is 0 Å². The van der Waals surface area contributed by atoms with Gasteiger partial charge in [-0.1, -0.05) is 25.7 Å². The molecule has 1 aliphatic carbocycles. The smallest absolute Gasteiger partial charge is 0.188 e. The Hall–Kier alpha value is -0.810. The largest absolute Gasteiger partial charge is 0.393 e. The summed E-state index contributed by atoms with van der Waals surface area (Å²) in [5, 5.41) is 12.8. The Morgan fingerprint density at radius 2 is 1.75 bits per heavy atom. The number of nitrogens with one attached hydrogen (secondary N) is 1. The van der Waals surface area contributed by atoms with Crippen LogP contribution in [0.15, 0.2) is 4.99 Å². The highest BCUT2D eigenvalue weighted by atomic mass is 16.3. The predicted octanol–water partition coefficient (Wildman–Crippen LogP) is 1.07. The monoisotopic (exact) mass is 282 g/mol. The van der Waals surface area contributed by atoms with Crippen LogP contribution in [0.3, 0.4) is 0 Å². The van der Waals surface area contributed by atoms with Crippen molar-refractivity contribution >= 4 is 5.96 Å². The Balaban J connectivity index is 1.63. The van der Waals surface area contributed by atoms with Crippen LogP contribution in [0.1, 0.15) is 51.4 Å². The van der Waals surface area contributed by atoms with Crippen LogP contribution in [0.25, 0.3) is 0 Å². The van der Waals surface area contributed by atoms with Gasteiger partial charge in [0.2, 0.25) is 0 Å². The highest BCUT2D eigenvalue weighted by molar-refractivity contribution is 5.78. The third-order valence-corrected chi connectivity index (χ3v) is 4.46. The number of rotatable bonds is 4. The minimum atomic E-state index is -0.100. The molecule has 0 radical (unpaired) electrons. The van der Waals surface area contributed by atoms with Gasteiger partial charge in [-0.15, -0.1) is 0 Å². The molecule has 20 heavy (non-hydrogen) atoms. The van der Waals surface area contributed by atoms with Gasteiger partial charge in [0.15, 0.2) is 5.96 Å². The number of aliphatic hydroxyl groups is 1. The quantitative estimate of drug-likeness (QED) is 0.410. The topological polar surface area (TPSA) is 73.9 Å². The van der Waals surface area contributed by atoms with E-state index in [-0.39, 0.29) is 6.10 Å². The highest BCUT2D eigenvalue weighted by Gasteiger charge is 2.16. The van der Waals surface area contributed by atoms with Crippen LogP contribution in [-0.4, -0.2) is 54.3 Å². The van der Waals surface area contributed by atoms with Crippen LogP contribution in [0, 0.1) is 0 Å². The first-order valence-electron chi connectivity index (χ1n) is 8.21. The fraction of sp³-hybridized carbons (Fsp3) is 0.933. The van der Waals surface area contributed by atoms with Crippen molar-refractivity contribution in [1.82, 2.24) is 10.2 Å². The molecular weight excluding hydrogens is 252 g/mol. The minimum absolute atomic E-state index is 0.100.